The first-order chi connectivity index (χ1) is 35.9. The maximum Gasteiger partial charge on any atom is 0.226 e. The van der Waals surface area contributed by atoms with E-state index in [0.717, 1.165) is 19.3 Å². The molecule has 0 unspecified atom stereocenters. The van der Waals surface area contributed by atoms with Crippen molar-refractivity contribution in [1.29, 1.82) is 0 Å². The molecule has 0 aromatic rings. The summed E-state index contributed by atoms with van der Waals surface area (Å²) < 4.78 is 0. The van der Waals surface area contributed by atoms with Crippen LogP contribution in [0.4, 0.5) is 0 Å². The van der Waals surface area contributed by atoms with Crippen LogP contribution in [0.1, 0.15) is 255 Å². The van der Waals surface area contributed by atoms with Gasteiger partial charge in [-0.2, -0.15) is 0 Å². The van der Waals surface area contributed by atoms with Crippen LogP contribution in [0.25, 0.3) is 0 Å². The van der Waals surface area contributed by atoms with Gasteiger partial charge in [0.2, 0.25) is 23.6 Å². The lowest BCUT2D eigenvalue weighted by Crippen LogP contribution is -2.60. The zero-order valence-corrected chi connectivity index (χ0v) is 48.3. The summed E-state index contributed by atoms with van der Waals surface area (Å²) >= 11 is 0. The van der Waals surface area contributed by atoms with Crippen molar-refractivity contribution >= 4 is 75.7 Å². The quantitative estimate of drug-likeness (QED) is 0.0449. The van der Waals surface area contributed by atoms with Crippen molar-refractivity contribution in [1.82, 2.24) is 21.3 Å². The number of carbonyl (C=O) groups excluding carboxylic acids is 13. The minimum Gasteiger partial charge on any atom is -0.351 e. The Labute approximate surface area is 458 Å². The van der Waals surface area contributed by atoms with Crippen LogP contribution < -0.4 is 21.3 Å². The Morgan fingerprint density at radius 1 is 0.286 bits per heavy atom. The number of nitrogens with one attached hydrogen (secondary N) is 4. The van der Waals surface area contributed by atoms with E-state index in [9.17, 15) is 57.5 Å². The molecule has 0 atom stereocenters. The summed E-state index contributed by atoms with van der Waals surface area (Å²) in [5.74, 6) is -1.83. The molecule has 0 saturated heterocycles. The third-order valence-electron chi connectivity index (χ3n) is 17.2. The number of rotatable bonds is 41. The van der Waals surface area contributed by atoms with Crippen LogP contribution in [0.15, 0.2) is 0 Å². The van der Waals surface area contributed by atoms with Crippen molar-refractivity contribution in [2.45, 2.75) is 277 Å². The summed E-state index contributed by atoms with van der Waals surface area (Å²) in [6.07, 6.45) is 6.41. The lowest BCUT2D eigenvalue weighted by Gasteiger charge is -2.56. The van der Waals surface area contributed by atoms with E-state index in [-0.39, 0.29) is 212 Å². The SMILES string of the molecule is CC(=O)CCC(CCC(C)=O)(CCC(C)=O)NC(=O)CCC(CCC(=O)NC(CCC(C)=O)(CCC(C)=O)CCC(C)=O)(CCC(=O)NC(CCC(C)=O)(CCC(C)=O)CCC(C)=O)NC(=O)C12CC3CC(CC(C3)C1)C2. The van der Waals surface area contributed by atoms with Crippen LogP contribution >= 0.6 is 0 Å². The van der Waals surface area contributed by atoms with E-state index < -0.39 is 45.3 Å². The van der Waals surface area contributed by atoms with Crippen LogP contribution in [0.5, 0.6) is 0 Å². The van der Waals surface area contributed by atoms with Gasteiger partial charge in [-0.05, 0) is 196 Å². The molecule has 4 amide bonds. The average molecular weight is 1080 g/mol. The Balaban J connectivity index is 2.23. The minimum absolute atomic E-state index is 0.0743. The Hall–Kier alpha value is -5.09. The highest BCUT2D eigenvalue weighted by Crippen LogP contribution is 2.60. The third-order valence-corrected chi connectivity index (χ3v) is 17.2. The van der Waals surface area contributed by atoms with Gasteiger partial charge in [0.15, 0.2) is 0 Å². The fraction of sp³-hybridized carbons (Fsp3) is 0.783. The van der Waals surface area contributed by atoms with E-state index in [2.05, 4.69) is 21.3 Å². The van der Waals surface area contributed by atoms with Gasteiger partial charge in [0, 0.05) is 105 Å². The smallest absolute Gasteiger partial charge is 0.226 e. The van der Waals surface area contributed by atoms with Crippen molar-refractivity contribution < 1.29 is 62.3 Å². The Kier molecular flexibility index (Phi) is 26.1. The van der Waals surface area contributed by atoms with Gasteiger partial charge in [0.25, 0.3) is 0 Å². The number of hydrogen-bond acceptors (Lipinski definition) is 13. The van der Waals surface area contributed by atoms with Crippen molar-refractivity contribution in [2.75, 3.05) is 0 Å². The Morgan fingerprint density at radius 3 is 0.636 bits per heavy atom. The highest BCUT2D eigenvalue weighted by Gasteiger charge is 2.56. The molecular weight excluding hydrogens is 985 g/mol. The molecule has 77 heavy (non-hydrogen) atoms. The number of ketones is 9. The fourth-order valence-electron chi connectivity index (χ4n) is 12.9. The second-order valence-corrected chi connectivity index (χ2v) is 24.7. The van der Waals surface area contributed by atoms with Gasteiger partial charge in [-0.15, -0.1) is 0 Å². The highest BCUT2D eigenvalue weighted by molar-refractivity contribution is 5.86. The van der Waals surface area contributed by atoms with Gasteiger partial charge in [-0.25, -0.2) is 0 Å². The number of carbonyl (C=O) groups is 13. The molecular formula is C60H94N4O13. The van der Waals surface area contributed by atoms with Crippen LogP contribution in [0, 0.1) is 23.2 Å². The molecule has 4 saturated carbocycles. The van der Waals surface area contributed by atoms with Gasteiger partial charge in [0.05, 0.1) is 0 Å². The first-order valence-corrected chi connectivity index (χ1v) is 28.6. The van der Waals surface area contributed by atoms with E-state index in [1.807, 2.05) is 0 Å². The van der Waals surface area contributed by atoms with Crippen molar-refractivity contribution in [2.24, 2.45) is 23.2 Å². The van der Waals surface area contributed by atoms with Gasteiger partial charge in [-0.3, -0.25) is 19.2 Å². The minimum atomic E-state index is -1.42. The molecule has 432 valence electrons. The van der Waals surface area contributed by atoms with E-state index in [0.29, 0.717) is 37.0 Å². The van der Waals surface area contributed by atoms with Crippen LogP contribution in [0.3, 0.4) is 0 Å². The largest absolute Gasteiger partial charge is 0.351 e. The number of hydrogen-bond donors (Lipinski definition) is 4. The maximum atomic E-state index is 15.4. The molecule has 4 bridgehead atoms. The Bertz CT molecular complexity index is 1830. The van der Waals surface area contributed by atoms with Gasteiger partial charge in [0.1, 0.15) is 52.0 Å². The molecule has 0 spiro atoms. The highest BCUT2D eigenvalue weighted by atomic mass is 16.2. The normalized spacial score (nSPS) is 18.9. The topological polar surface area (TPSA) is 270 Å². The first kappa shape index (κ1) is 66.2. The second kappa shape index (κ2) is 30.3. The monoisotopic (exact) mass is 1080 g/mol. The summed E-state index contributed by atoms with van der Waals surface area (Å²) in [6, 6.07) is 0. The van der Waals surface area contributed by atoms with Crippen molar-refractivity contribution in [3.63, 3.8) is 0 Å². The lowest BCUT2D eigenvalue weighted by molar-refractivity contribution is -0.149. The molecule has 0 aliphatic heterocycles. The summed E-state index contributed by atoms with van der Waals surface area (Å²) in [4.78, 5) is 171. The van der Waals surface area contributed by atoms with E-state index in [1.165, 1.54) is 62.3 Å². The molecule has 17 heteroatoms. The predicted molar refractivity (Wildman–Crippen MR) is 291 cm³/mol. The van der Waals surface area contributed by atoms with Crippen LogP contribution in [-0.4, -0.2) is 97.8 Å². The first-order valence-electron chi connectivity index (χ1n) is 28.6. The molecule has 4 rings (SSSR count). The van der Waals surface area contributed by atoms with Crippen LogP contribution in [-0.2, 0) is 62.3 Å². The molecule has 0 radical (unpaired) electrons. The molecule has 4 aliphatic carbocycles. The summed E-state index contributed by atoms with van der Waals surface area (Å²) in [5, 5.41) is 12.8. The third kappa shape index (κ3) is 23.4. The van der Waals surface area contributed by atoms with Gasteiger partial charge < -0.3 is 64.4 Å². The zero-order chi connectivity index (χ0) is 57.8. The van der Waals surface area contributed by atoms with Crippen molar-refractivity contribution in [3.05, 3.63) is 0 Å². The van der Waals surface area contributed by atoms with Gasteiger partial charge >= 0.3 is 0 Å². The molecule has 0 heterocycles. The molecule has 4 aliphatic rings. The molecule has 0 aromatic heterocycles. The summed E-state index contributed by atoms with van der Waals surface area (Å²) in [5.41, 5.74) is -5.48. The molecule has 0 aromatic carbocycles. The zero-order valence-electron chi connectivity index (χ0n) is 48.3. The molecule has 4 N–H and O–H groups in total. The standard InChI is InChI=1S/C60H94N4O13/c1-40(65)10-22-57(23-11-41(2)66,24-12-42(3)67)61-52(74)19-31-60(64-55(77)56-37-49-34-50(38-56)36-51(35-49)39-56,32-20-53(75)62-58(25-13-43(4)68,26-14-44(5)69)27-15-45(6)70)33-21-54(76)63-59(28-16-46(7)71,29-17-47(8)72)30-18-48(9)73/h49-51H,10-39H2,1-9H3,(H,61,74)(H,62,75)(H,63,76)(H,64,77). The second-order valence-electron chi connectivity index (χ2n) is 24.7. The fourth-order valence-corrected chi connectivity index (χ4v) is 12.9. The maximum absolute atomic E-state index is 15.4. The average Bonchev–Trinajstić information content (AvgIpc) is 3.32. The van der Waals surface area contributed by atoms with Gasteiger partial charge in [-0.1, -0.05) is 0 Å². The number of Topliss-reactive ketones (excluding diaryl/α,β-unsaturated/α-hetero) is 9. The molecule has 17 nitrogen and oxygen atoms in total. The summed E-state index contributed by atoms with van der Waals surface area (Å²) in [7, 11) is 0. The van der Waals surface area contributed by atoms with E-state index in [4.69, 9.17) is 0 Å². The lowest BCUT2D eigenvalue weighted by atomic mass is 9.49. The van der Waals surface area contributed by atoms with E-state index >= 15 is 4.79 Å². The van der Waals surface area contributed by atoms with E-state index in [1.54, 1.807) is 0 Å². The van der Waals surface area contributed by atoms with Crippen LogP contribution in [0.2, 0.25) is 0 Å². The number of amides is 4. The van der Waals surface area contributed by atoms with Crippen molar-refractivity contribution in [3.8, 4) is 0 Å². The Morgan fingerprint density at radius 2 is 0.455 bits per heavy atom. The summed E-state index contributed by atoms with van der Waals surface area (Å²) in [6.45, 7) is 12.8. The molecule has 4 fully saturated rings. The predicted octanol–water partition coefficient (Wildman–Crippen LogP) is 8.29.